The zero-order chi connectivity index (χ0) is 14.6. The molecule has 0 aliphatic heterocycles. The van der Waals surface area contributed by atoms with Crippen molar-refractivity contribution in [2.24, 2.45) is 0 Å². The number of sulfonamides is 1. The summed E-state index contributed by atoms with van der Waals surface area (Å²) in [6.45, 7) is 6.28. The molecule has 0 heterocycles. The normalized spacial score (nSPS) is 13.3. The summed E-state index contributed by atoms with van der Waals surface area (Å²) in [4.78, 5) is 0. The average Bonchev–Trinajstić information content (AvgIpc) is 2.32. The van der Waals surface area contributed by atoms with E-state index in [1.165, 1.54) is 6.07 Å². The van der Waals surface area contributed by atoms with Crippen molar-refractivity contribution in [3.63, 3.8) is 0 Å². The van der Waals surface area contributed by atoms with Crippen LogP contribution < -0.4 is 10.0 Å². The molecule has 0 saturated heterocycles. The molecule has 0 amide bonds. The van der Waals surface area contributed by atoms with E-state index in [0.717, 1.165) is 0 Å². The topological polar surface area (TPSA) is 58.2 Å². The molecule has 7 heteroatoms. The van der Waals surface area contributed by atoms with Crippen LogP contribution in [0.5, 0.6) is 0 Å². The van der Waals surface area contributed by atoms with Crippen molar-refractivity contribution in [1.82, 2.24) is 5.32 Å². The van der Waals surface area contributed by atoms with Gasteiger partial charge in [-0.05, 0) is 54.0 Å². The van der Waals surface area contributed by atoms with Crippen molar-refractivity contribution in [2.45, 2.75) is 26.0 Å². The molecule has 19 heavy (non-hydrogen) atoms. The average molecular weight is 353 g/mol. The number of anilines is 1. The van der Waals surface area contributed by atoms with E-state index < -0.39 is 21.1 Å². The summed E-state index contributed by atoms with van der Waals surface area (Å²) in [6.07, 6.45) is 0. The molecule has 1 atom stereocenters. The molecule has 0 spiro atoms. The number of hydrogen-bond acceptors (Lipinski definition) is 3. The van der Waals surface area contributed by atoms with E-state index in [1.54, 1.807) is 19.9 Å². The monoisotopic (exact) mass is 352 g/mol. The van der Waals surface area contributed by atoms with Crippen molar-refractivity contribution in [3.8, 4) is 0 Å². The van der Waals surface area contributed by atoms with E-state index in [2.05, 4.69) is 26.0 Å². The first-order valence-electron chi connectivity index (χ1n) is 5.96. The van der Waals surface area contributed by atoms with Crippen LogP contribution in [0.3, 0.4) is 0 Å². The molecule has 0 aromatic heterocycles. The summed E-state index contributed by atoms with van der Waals surface area (Å²) >= 11 is 3.06. The molecule has 2 N–H and O–H groups in total. The number of nitrogens with one attached hydrogen (secondary N) is 2. The lowest BCUT2D eigenvalue weighted by Crippen LogP contribution is -2.34. The minimum absolute atomic E-state index is 0.268. The predicted molar refractivity (Wildman–Crippen MR) is 79.4 cm³/mol. The summed E-state index contributed by atoms with van der Waals surface area (Å²) in [5.41, 5.74) is 0.927. The molecule has 1 aromatic carbocycles. The maximum atomic E-state index is 13.4. The van der Waals surface area contributed by atoms with Gasteiger partial charge < -0.3 is 5.32 Å². The standard InChI is InChI=1S/C12H18BrFN2O2S/c1-4-15-7-9(3)19(17,18)16-12-6-11(14)10(13)5-8(12)2/h5-6,9,15-16H,4,7H2,1-3H3. The second-order valence-corrected chi connectivity index (χ2v) is 7.30. The van der Waals surface area contributed by atoms with E-state index in [-0.39, 0.29) is 5.69 Å². The molecule has 0 fully saturated rings. The highest BCUT2D eigenvalue weighted by Crippen LogP contribution is 2.25. The van der Waals surface area contributed by atoms with Crippen LogP contribution in [0.4, 0.5) is 10.1 Å². The Bertz CT molecular complexity index is 549. The largest absolute Gasteiger partial charge is 0.316 e. The first-order chi connectivity index (χ1) is 8.77. The SMILES string of the molecule is CCNCC(C)S(=O)(=O)Nc1cc(F)c(Br)cc1C. The highest BCUT2D eigenvalue weighted by molar-refractivity contribution is 9.10. The van der Waals surface area contributed by atoms with Crippen molar-refractivity contribution < 1.29 is 12.8 Å². The Balaban J connectivity index is 2.92. The molecular weight excluding hydrogens is 335 g/mol. The second kappa shape index (κ2) is 6.67. The van der Waals surface area contributed by atoms with Crippen LogP contribution in [-0.4, -0.2) is 26.8 Å². The molecule has 0 aliphatic rings. The maximum Gasteiger partial charge on any atom is 0.236 e. The zero-order valence-corrected chi connectivity index (χ0v) is 13.5. The van der Waals surface area contributed by atoms with Crippen molar-refractivity contribution in [2.75, 3.05) is 17.8 Å². The number of rotatable bonds is 6. The van der Waals surface area contributed by atoms with Crippen molar-refractivity contribution in [3.05, 3.63) is 28.0 Å². The van der Waals surface area contributed by atoms with Gasteiger partial charge in [0.15, 0.2) is 0 Å². The summed E-state index contributed by atoms with van der Waals surface area (Å²) in [5, 5.41) is 2.38. The second-order valence-electron chi connectivity index (χ2n) is 4.35. The fourth-order valence-electron chi connectivity index (χ4n) is 1.47. The molecular formula is C12H18BrFN2O2S. The Morgan fingerprint density at radius 1 is 1.42 bits per heavy atom. The van der Waals surface area contributed by atoms with Crippen LogP contribution in [0, 0.1) is 12.7 Å². The van der Waals surface area contributed by atoms with Gasteiger partial charge in [-0.15, -0.1) is 0 Å². The van der Waals surface area contributed by atoms with Gasteiger partial charge in [0.05, 0.1) is 15.4 Å². The summed E-state index contributed by atoms with van der Waals surface area (Å²) in [5.74, 6) is -0.498. The third-order valence-electron chi connectivity index (χ3n) is 2.73. The fraction of sp³-hybridized carbons (Fsp3) is 0.500. The third-order valence-corrected chi connectivity index (χ3v) is 5.07. The van der Waals surface area contributed by atoms with E-state index in [9.17, 15) is 12.8 Å². The number of benzene rings is 1. The van der Waals surface area contributed by atoms with E-state index >= 15 is 0 Å². The first kappa shape index (κ1) is 16.4. The van der Waals surface area contributed by atoms with Gasteiger partial charge in [0, 0.05) is 6.54 Å². The quantitative estimate of drug-likeness (QED) is 0.827. The van der Waals surface area contributed by atoms with Gasteiger partial charge in [-0.25, -0.2) is 12.8 Å². The van der Waals surface area contributed by atoms with Crippen LogP contribution in [-0.2, 0) is 10.0 Å². The highest BCUT2D eigenvalue weighted by atomic mass is 79.9. The lowest BCUT2D eigenvalue weighted by Gasteiger charge is -2.16. The first-order valence-corrected chi connectivity index (χ1v) is 8.29. The predicted octanol–water partition coefficient (Wildman–Crippen LogP) is 2.64. The van der Waals surface area contributed by atoms with Gasteiger partial charge in [-0.2, -0.15) is 0 Å². The Hall–Kier alpha value is -0.660. The van der Waals surface area contributed by atoms with Gasteiger partial charge in [-0.1, -0.05) is 6.92 Å². The van der Waals surface area contributed by atoms with E-state index in [4.69, 9.17) is 0 Å². The summed E-state index contributed by atoms with van der Waals surface area (Å²) < 4.78 is 40.3. The minimum atomic E-state index is -3.53. The lowest BCUT2D eigenvalue weighted by molar-refractivity contribution is 0.579. The maximum absolute atomic E-state index is 13.4. The highest BCUT2D eigenvalue weighted by Gasteiger charge is 2.21. The van der Waals surface area contributed by atoms with Gasteiger partial charge in [0.1, 0.15) is 5.82 Å². The van der Waals surface area contributed by atoms with E-state index in [1.807, 2.05) is 6.92 Å². The number of aryl methyl sites for hydroxylation is 1. The Kier molecular flexibility index (Phi) is 5.76. The third kappa shape index (κ3) is 4.43. The van der Waals surface area contributed by atoms with Gasteiger partial charge in [0.25, 0.3) is 0 Å². The number of hydrogen-bond donors (Lipinski definition) is 2. The van der Waals surface area contributed by atoms with Gasteiger partial charge >= 0.3 is 0 Å². The summed E-state index contributed by atoms with van der Waals surface area (Å²) in [7, 11) is -3.53. The van der Waals surface area contributed by atoms with Crippen LogP contribution in [0.2, 0.25) is 0 Å². The fourth-order valence-corrected chi connectivity index (χ4v) is 2.99. The Morgan fingerprint density at radius 2 is 2.05 bits per heavy atom. The molecule has 0 aliphatic carbocycles. The Labute approximate surface area is 122 Å². The van der Waals surface area contributed by atoms with Crippen molar-refractivity contribution >= 4 is 31.6 Å². The summed E-state index contributed by atoms with van der Waals surface area (Å²) in [6, 6.07) is 2.72. The van der Waals surface area contributed by atoms with Crippen LogP contribution >= 0.6 is 15.9 Å². The zero-order valence-electron chi connectivity index (χ0n) is 11.1. The molecule has 1 unspecified atom stereocenters. The van der Waals surface area contributed by atoms with E-state index in [0.29, 0.717) is 23.1 Å². The molecule has 4 nitrogen and oxygen atoms in total. The molecule has 108 valence electrons. The van der Waals surface area contributed by atoms with Crippen LogP contribution in [0.1, 0.15) is 19.4 Å². The molecule has 1 aromatic rings. The lowest BCUT2D eigenvalue weighted by atomic mass is 10.2. The molecule has 0 bridgehead atoms. The molecule has 1 rings (SSSR count). The van der Waals surface area contributed by atoms with Crippen molar-refractivity contribution in [1.29, 1.82) is 0 Å². The smallest absolute Gasteiger partial charge is 0.236 e. The number of halogens is 2. The van der Waals surface area contributed by atoms with Crippen LogP contribution in [0.15, 0.2) is 16.6 Å². The minimum Gasteiger partial charge on any atom is -0.316 e. The Morgan fingerprint density at radius 3 is 2.63 bits per heavy atom. The molecule has 0 radical (unpaired) electrons. The molecule has 0 saturated carbocycles. The van der Waals surface area contributed by atoms with Gasteiger partial charge in [-0.3, -0.25) is 4.72 Å². The van der Waals surface area contributed by atoms with Crippen LogP contribution in [0.25, 0.3) is 0 Å². The van der Waals surface area contributed by atoms with Gasteiger partial charge in [0.2, 0.25) is 10.0 Å².